The number of benzene rings is 4. The lowest BCUT2D eigenvalue weighted by molar-refractivity contribution is -0.138. The maximum Gasteiger partial charge on any atom is 0.416 e. The van der Waals surface area contributed by atoms with Crippen molar-refractivity contribution in [2.24, 2.45) is 0 Å². The molecule has 2 heterocycles. The first kappa shape index (κ1) is 58.0. The van der Waals surface area contributed by atoms with Gasteiger partial charge in [-0.25, -0.2) is 0 Å². The SMILES string of the molecule is Cc1c([S+]([O-])c2ccc(C#N)cc2)cc(C(=O)NCCCNCCN(C)CCCNCCNC(=O)c2cc([S+]([O-])c3ccc(C#N)cc3)c(C)n(-c3cccc(C(F)(F)F)c3)c2=O)c(=O)n1-c1cccc(C(F)(F)F)c1. The van der Waals surface area contributed by atoms with Crippen LogP contribution in [0.1, 0.15) is 67.2 Å². The van der Waals surface area contributed by atoms with E-state index < -0.39 is 79.9 Å². The van der Waals surface area contributed by atoms with Crippen molar-refractivity contribution in [3.05, 3.63) is 175 Å². The van der Waals surface area contributed by atoms with Gasteiger partial charge in [-0.1, -0.05) is 12.1 Å². The van der Waals surface area contributed by atoms with Gasteiger partial charge in [-0.2, -0.15) is 36.9 Å². The Morgan fingerprint density at radius 2 is 1.00 bits per heavy atom. The molecule has 4 aromatic carbocycles. The fourth-order valence-corrected chi connectivity index (χ4v) is 10.3. The summed E-state index contributed by atoms with van der Waals surface area (Å²) in [5, 5.41) is 30.2. The standard InChI is InChI=1S/C53H51F6N9O6S2/c1-34-46(75(73)42-16-12-36(32-60)13-17-42)30-44(50(71)67(34)40-10-4-8-38(28-40)52(54,55)56)48(69)64-22-6-20-63-25-27-66(3)26-7-21-62-23-24-65-49(70)45-31-47(76(74)43-18-14-37(33-61)15-19-43)35(2)68(51(45)72)41-11-5-9-39(29-41)53(57,58)59/h4-5,8-19,28-31,62-63H,6-7,20-27H2,1-3H3,(H,64,69)(H,65,70). The lowest BCUT2D eigenvalue weighted by Crippen LogP contribution is -2.38. The molecule has 0 bridgehead atoms. The van der Waals surface area contributed by atoms with Gasteiger partial charge in [-0.3, -0.25) is 28.3 Å². The smallest absolute Gasteiger partial charge is 0.416 e. The third-order valence-electron chi connectivity index (χ3n) is 11.9. The number of nitriles is 2. The number of pyridine rings is 2. The molecule has 6 rings (SSSR count). The van der Waals surface area contributed by atoms with E-state index in [-0.39, 0.29) is 55.4 Å². The Hall–Kier alpha value is -7.22. The first-order chi connectivity index (χ1) is 36.1. The van der Waals surface area contributed by atoms with Gasteiger partial charge < -0.3 is 35.3 Å². The number of rotatable bonds is 22. The Balaban J connectivity index is 0.963. The summed E-state index contributed by atoms with van der Waals surface area (Å²) in [6.45, 7) is 6.34. The average Bonchev–Trinajstić information content (AvgIpc) is 3.40. The topological polar surface area (TPSA) is 223 Å². The van der Waals surface area contributed by atoms with Gasteiger partial charge in [0.2, 0.25) is 0 Å². The first-order valence-electron chi connectivity index (χ1n) is 23.5. The number of halogens is 6. The van der Waals surface area contributed by atoms with Crippen LogP contribution in [-0.2, 0) is 34.7 Å². The number of hydrogen-bond donors (Lipinski definition) is 4. The van der Waals surface area contributed by atoms with Gasteiger partial charge in [0.1, 0.15) is 11.1 Å². The molecular formula is C53H51F6N9O6S2. The molecule has 4 N–H and O–H groups in total. The minimum atomic E-state index is -4.73. The van der Waals surface area contributed by atoms with Crippen molar-refractivity contribution < 1.29 is 45.0 Å². The molecule has 0 radical (unpaired) electrons. The van der Waals surface area contributed by atoms with E-state index in [2.05, 4.69) is 26.2 Å². The maximum absolute atomic E-state index is 13.8. The molecule has 2 amide bonds. The van der Waals surface area contributed by atoms with Crippen LogP contribution in [0.2, 0.25) is 0 Å². The molecule has 23 heteroatoms. The van der Waals surface area contributed by atoms with Crippen molar-refractivity contribution in [3.63, 3.8) is 0 Å². The highest BCUT2D eigenvalue weighted by Crippen LogP contribution is 2.33. The van der Waals surface area contributed by atoms with E-state index in [4.69, 9.17) is 0 Å². The summed E-state index contributed by atoms with van der Waals surface area (Å²) >= 11 is -4.00. The zero-order valence-corrected chi connectivity index (χ0v) is 42.9. The Labute approximate surface area is 439 Å². The van der Waals surface area contributed by atoms with Gasteiger partial charge in [0.25, 0.3) is 22.9 Å². The number of likely N-dealkylation sites (N-methyl/N-ethyl adjacent to an activating group) is 1. The number of carbonyl (C=O) groups is 2. The van der Waals surface area contributed by atoms with Crippen LogP contribution in [0.25, 0.3) is 11.4 Å². The third-order valence-corrected chi connectivity index (χ3v) is 14.9. The van der Waals surface area contributed by atoms with E-state index in [1.165, 1.54) is 86.6 Å². The van der Waals surface area contributed by atoms with Crippen LogP contribution in [0.3, 0.4) is 0 Å². The maximum atomic E-state index is 13.8. The fourth-order valence-electron chi connectivity index (χ4n) is 7.86. The molecule has 0 aliphatic carbocycles. The Kier molecular flexibility index (Phi) is 19.9. The second-order valence-corrected chi connectivity index (χ2v) is 20.1. The highest BCUT2D eigenvalue weighted by molar-refractivity contribution is 7.91. The molecule has 0 saturated heterocycles. The predicted molar refractivity (Wildman–Crippen MR) is 272 cm³/mol. The van der Waals surface area contributed by atoms with Crippen molar-refractivity contribution in [1.29, 1.82) is 10.5 Å². The number of carbonyl (C=O) groups excluding carboxylic acids is 2. The lowest BCUT2D eigenvalue weighted by Gasteiger charge is -2.19. The van der Waals surface area contributed by atoms with E-state index in [9.17, 15) is 65.1 Å². The minimum Gasteiger partial charge on any atom is -0.606 e. The van der Waals surface area contributed by atoms with Crippen molar-refractivity contribution in [3.8, 4) is 23.5 Å². The molecule has 0 spiro atoms. The number of alkyl halides is 6. The molecule has 2 aromatic heterocycles. The summed E-state index contributed by atoms with van der Waals surface area (Å²) in [7, 11) is 1.93. The summed E-state index contributed by atoms with van der Waals surface area (Å²) in [4.78, 5) is 57.2. The quantitative estimate of drug-likeness (QED) is 0.0316. The second-order valence-electron chi connectivity index (χ2n) is 17.2. The van der Waals surface area contributed by atoms with Crippen molar-refractivity contribution in [1.82, 2.24) is 35.3 Å². The number of nitrogens with zero attached hydrogens (tertiary/aromatic N) is 5. The summed E-state index contributed by atoms with van der Waals surface area (Å²) in [5.41, 5.74) is -4.35. The van der Waals surface area contributed by atoms with Crippen molar-refractivity contribution in [2.75, 3.05) is 59.4 Å². The molecule has 15 nitrogen and oxygen atoms in total. The van der Waals surface area contributed by atoms with Crippen LogP contribution in [0.4, 0.5) is 26.3 Å². The van der Waals surface area contributed by atoms with Gasteiger partial charge in [0, 0.05) is 78.6 Å². The number of nitrogens with one attached hydrogen (secondary N) is 4. The Bertz CT molecular complexity index is 3030. The lowest BCUT2D eigenvalue weighted by atomic mass is 10.1. The summed E-state index contributed by atoms with van der Waals surface area (Å²) in [6.07, 6.45) is -8.28. The van der Waals surface area contributed by atoms with E-state index in [0.29, 0.717) is 56.8 Å². The van der Waals surface area contributed by atoms with Crippen LogP contribution in [0.5, 0.6) is 0 Å². The van der Waals surface area contributed by atoms with Gasteiger partial charge in [-0.15, -0.1) is 0 Å². The van der Waals surface area contributed by atoms with Gasteiger partial charge in [0.05, 0.1) is 45.8 Å². The van der Waals surface area contributed by atoms with Gasteiger partial charge in [-0.05, 0) is 138 Å². The molecule has 2 atom stereocenters. The minimum absolute atomic E-state index is 0.0118. The molecule has 2 unspecified atom stereocenters. The van der Waals surface area contributed by atoms with E-state index in [0.717, 1.165) is 52.0 Å². The molecule has 0 aliphatic rings. The van der Waals surface area contributed by atoms with Crippen LogP contribution >= 0.6 is 0 Å². The first-order valence-corrected chi connectivity index (χ1v) is 25.8. The van der Waals surface area contributed by atoms with Gasteiger partial charge >= 0.3 is 12.4 Å². The monoisotopic (exact) mass is 1090 g/mol. The summed E-state index contributed by atoms with van der Waals surface area (Å²) < 4.78 is 112. The van der Waals surface area contributed by atoms with Crippen LogP contribution < -0.4 is 32.4 Å². The van der Waals surface area contributed by atoms with Gasteiger partial charge in [0.15, 0.2) is 19.6 Å². The number of amides is 2. The Morgan fingerprint density at radius 1 is 0.579 bits per heavy atom. The molecule has 0 fully saturated rings. The molecule has 398 valence electrons. The average molecular weight is 1090 g/mol. The molecule has 0 saturated carbocycles. The second kappa shape index (κ2) is 26.0. The van der Waals surface area contributed by atoms with Crippen LogP contribution in [0.15, 0.2) is 138 Å². The summed E-state index contributed by atoms with van der Waals surface area (Å²) in [5.74, 6) is -1.63. The largest absolute Gasteiger partial charge is 0.606 e. The third kappa shape index (κ3) is 14.6. The zero-order chi connectivity index (χ0) is 55.3. The normalized spacial score (nSPS) is 12.4. The molecular weight excluding hydrogens is 1040 g/mol. The molecule has 76 heavy (non-hydrogen) atoms. The number of hydrogen-bond acceptors (Lipinski definition) is 11. The fraction of sp³-hybridized carbons (Fsp3) is 0.283. The highest BCUT2D eigenvalue weighted by Gasteiger charge is 2.34. The summed E-state index contributed by atoms with van der Waals surface area (Å²) in [6, 6.07) is 25.9. The van der Waals surface area contributed by atoms with E-state index >= 15 is 0 Å². The molecule has 0 aliphatic heterocycles. The number of aromatic nitrogens is 2. The van der Waals surface area contributed by atoms with Crippen molar-refractivity contribution in [2.45, 2.75) is 58.6 Å². The Morgan fingerprint density at radius 3 is 1.43 bits per heavy atom. The predicted octanol–water partition coefficient (Wildman–Crippen LogP) is 6.77. The zero-order valence-electron chi connectivity index (χ0n) is 41.2. The van der Waals surface area contributed by atoms with Crippen molar-refractivity contribution >= 4 is 34.2 Å². The van der Waals surface area contributed by atoms with E-state index in [1.807, 2.05) is 19.2 Å². The van der Waals surface area contributed by atoms with E-state index in [1.54, 1.807) is 0 Å². The highest BCUT2D eigenvalue weighted by atomic mass is 32.2. The molecule has 6 aromatic rings. The van der Waals surface area contributed by atoms with Crippen LogP contribution in [0, 0.1) is 36.5 Å². The van der Waals surface area contributed by atoms with Crippen LogP contribution in [-0.4, -0.2) is 94.4 Å².